The standard InChI is InChI=1S/C19H21NOS/c21-13-17-6-5-16(22-17)12-15-11-14-3-1-2-4-18(14)19(15)7-9-20-10-8-19/h1-6,11,20-21H,7-10,12-13H2. The number of aliphatic hydroxyl groups is 1. The van der Waals surface area contributed by atoms with Crippen molar-refractivity contribution in [1.29, 1.82) is 0 Å². The first-order chi connectivity index (χ1) is 10.8. The van der Waals surface area contributed by atoms with Gasteiger partial charge in [0.2, 0.25) is 0 Å². The van der Waals surface area contributed by atoms with Crippen LogP contribution in [-0.4, -0.2) is 18.2 Å². The molecule has 2 aliphatic rings. The molecule has 1 aromatic heterocycles. The monoisotopic (exact) mass is 311 g/mol. The van der Waals surface area contributed by atoms with Crippen molar-refractivity contribution in [2.24, 2.45) is 0 Å². The summed E-state index contributed by atoms with van der Waals surface area (Å²) in [5, 5.41) is 12.8. The lowest BCUT2D eigenvalue weighted by molar-refractivity contribution is 0.285. The number of aliphatic hydroxyl groups excluding tert-OH is 1. The molecule has 0 atom stereocenters. The van der Waals surface area contributed by atoms with Crippen LogP contribution in [0.15, 0.2) is 42.0 Å². The zero-order valence-corrected chi connectivity index (χ0v) is 13.5. The van der Waals surface area contributed by atoms with E-state index in [1.165, 1.54) is 28.8 Å². The average Bonchev–Trinajstić information content (AvgIpc) is 3.13. The highest BCUT2D eigenvalue weighted by atomic mass is 32.1. The summed E-state index contributed by atoms with van der Waals surface area (Å²) in [6.07, 6.45) is 5.81. The molecular formula is C19H21NOS. The molecule has 1 saturated heterocycles. The highest BCUT2D eigenvalue weighted by molar-refractivity contribution is 7.12. The van der Waals surface area contributed by atoms with E-state index in [1.54, 1.807) is 16.9 Å². The summed E-state index contributed by atoms with van der Waals surface area (Å²) >= 11 is 1.74. The number of rotatable bonds is 3. The largest absolute Gasteiger partial charge is 0.391 e. The van der Waals surface area contributed by atoms with Gasteiger partial charge in [-0.05, 0) is 49.2 Å². The van der Waals surface area contributed by atoms with Crippen molar-refractivity contribution in [2.45, 2.75) is 31.3 Å². The van der Waals surface area contributed by atoms with Crippen molar-refractivity contribution < 1.29 is 5.11 Å². The molecule has 4 rings (SSSR count). The van der Waals surface area contributed by atoms with Gasteiger partial charge in [0.05, 0.1) is 6.61 Å². The lowest BCUT2D eigenvalue weighted by Crippen LogP contribution is -2.40. The van der Waals surface area contributed by atoms with E-state index in [9.17, 15) is 5.11 Å². The molecule has 0 bridgehead atoms. The first-order valence-electron chi connectivity index (χ1n) is 8.01. The van der Waals surface area contributed by atoms with Crippen LogP contribution in [0.5, 0.6) is 0 Å². The predicted octanol–water partition coefficient (Wildman–Crippen LogP) is 3.50. The summed E-state index contributed by atoms with van der Waals surface area (Å²) in [7, 11) is 0. The number of allylic oxidation sites excluding steroid dienone is 1. The average molecular weight is 311 g/mol. The fraction of sp³-hybridized carbons (Fsp3) is 0.368. The van der Waals surface area contributed by atoms with E-state index in [0.717, 1.165) is 24.4 Å². The van der Waals surface area contributed by atoms with Gasteiger partial charge in [0.25, 0.3) is 0 Å². The molecule has 1 aromatic carbocycles. The normalized spacial score (nSPS) is 19.2. The molecule has 0 saturated carbocycles. The minimum atomic E-state index is 0.152. The third-order valence-corrected chi connectivity index (χ3v) is 6.19. The van der Waals surface area contributed by atoms with Gasteiger partial charge < -0.3 is 10.4 Å². The molecule has 0 unspecified atom stereocenters. The van der Waals surface area contributed by atoms with Crippen LogP contribution in [-0.2, 0) is 18.4 Å². The van der Waals surface area contributed by atoms with Crippen LogP contribution in [0.3, 0.4) is 0 Å². The molecule has 0 radical (unpaired) electrons. The van der Waals surface area contributed by atoms with Gasteiger partial charge in [0.15, 0.2) is 0 Å². The van der Waals surface area contributed by atoms with Gasteiger partial charge in [0, 0.05) is 21.6 Å². The van der Waals surface area contributed by atoms with Crippen molar-refractivity contribution in [2.75, 3.05) is 13.1 Å². The second-order valence-corrected chi connectivity index (χ2v) is 7.54. The van der Waals surface area contributed by atoms with E-state index in [-0.39, 0.29) is 12.0 Å². The predicted molar refractivity (Wildman–Crippen MR) is 92.1 cm³/mol. The molecule has 1 aliphatic heterocycles. The van der Waals surface area contributed by atoms with Crippen LogP contribution < -0.4 is 5.32 Å². The third kappa shape index (κ3) is 2.24. The fourth-order valence-electron chi connectivity index (χ4n) is 4.01. The third-order valence-electron chi connectivity index (χ3n) is 5.12. The molecular weight excluding hydrogens is 290 g/mol. The van der Waals surface area contributed by atoms with Crippen LogP contribution in [0.1, 0.15) is 33.7 Å². The summed E-state index contributed by atoms with van der Waals surface area (Å²) in [5.74, 6) is 0. The van der Waals surface area contributed by atoms with E-state index in [1.807, 2.05) is 0 Å². The smallest absolute Gasteiger partial charge is 0.0774 e. The molecule has 2 nitrogen and oxygen atoms in total. The summed E-state index contributed by atoms with van der Waals surface area (Å²) in [6.45, 7) is 2.34. The van der Waals surface area contributed by atoms with Crippen LogP contribution in [0.25, 0.3) is 6.08 Å². The van der Waals surface area contributed by atoms with Crippen LogP contribution in [0.4, 0.5) is 0 Å². The second kappa shape index (κ2) is 5.65. The molecule has 2 aromatic rings. The molecule has 2 heterocycles. The van der Waals surface area contributed by atoms with E-state index in [0.29, 0.717) is 0 Å². The topological polar surface area (TPSA) is 32.3 Å². The fourth-order valence-corrected chi connectivity index (χ4v) is 4.91. The van der Waals surface area contributed by atoms with Crippen LogP contribution in [0.2, 0.25) is 0 Å². The van der Waals surface area contributed by atoms with E-state index >= 15 is 0 Å². The van der Waals surface area contributed by atoms with Crippen molar-refractivity contribution in [3.63, 3.8) is 0 Å². The van der Waals surface area contributed by atoms with Crippen molar-refractivity contribution >= 4 is 17.4 Å². The maximum absolute atomic E-state index is 9.28. The Labute approximate surface area is 135 Å². The number of thiophene rings is 1. The van der Waals surface area contributed by atoms with Gasteiger partial charge in [-0.15, -0.1) is 11.3 Å². The summed E-state index contributed by atoms with van der Waals surface area (Å²) < 4.78 is 0. The van der Waals surface area contributed by atoms with Gasteiger partial charge in [-0.3, -0.25) is 0 Å². The Balaban J connectivity index is 1.71. The lowest BCUT2D eigenvalue weighted by Gasteiger charge is -2.38. The number of hydrogen-bond acceptors (Lipinski definition) is 3. The molecule has 1 fully saturated rings. The highest BCUT2D eigenvalue weighted by Gasteiger charge is 2.41. The van der Waals surface area contributed by atoms with Gasteiger partial charge >= 0.3 is 0 Å². The maximum Gasteiger partial charge on any atom is 0.0774 e. The van der Waals surface area contributed by atoms with Crippen molar-refractivity contribution in [3.05, 3.63) is 62.9 Å². The Morgan fingerprint density at radius 2 is 1.82 bits per heavy atom. The highest BCUT2D eigenvalue weighted by Crippen LogP contribution is 2.49. The van der Waals surface area contributed by atoms with E-state index < -0.39 is 0 Å². The Bertz CT molecular complexity index is 710. The molecule has 1 spiro atoms. The number of fused-ring (bicyclic) bond motifs is 2. The van der Waals surface area contributed by atoms with Crippen molar-refractivity contribution in [3.8, 4) is 0 Å². The molecule has 3 heteroatoms. The molecule has 22 heavy (non-hydrogen) atoms. The van der Waals surface area contributed by atoms with Crippen LogP contribution >= 0.6 is 11.3 Å². The quantitative estimate of drug-likeness (QED) is 0.909. The lowest BCUT2D eigenvalue weighted by atomic mass is 9.69. The number of benzene rings is 1. The van der Waals surface area contributed by atoms with Crippen molar-refractivity contribution in [1.82, 2.24) is 5.32 Å². The Morgan fingerprint density at radius 1 is 1.05 bits per heavy atom. The van der Waals surface area contributed by atoms with E-state index in [2.05, 4.69) is 47.8 Å². The Morgan fingerprint density at radius 3 is 2.59 bits per heavy atom. The first-order valence-corrected chi connectivity index (χ1v) is 8.83. The molecule has 2 N–H and O–H groups in total. The van der Waals surface area contributed by atoms with Gasteiger partial charge in [-0.1, -0.05) is 35.9 Å². The second-order valence-electron chi connectivity index (χ2n) is 6.29. The summed E-state index contributed by atoms with van der Waals surface area (Å²) in [4.78, 5) is 2.42. The van der Waals surface area contributed by atoms with Gasteiger partial charge in [-0.25, -0.2) is 0 Å². The first kappa shape index (κ1) is 14.2. The Kier molecular flexibility index (Phi) is 3.65. The van der Waals surface area contributed by atoms with Gasteiger partial charge in [0.1, 0.15) is 0 Å². The SMILES string of the molecule is OCc1ccc(CC2=Cc3ccccc3C23CCNCC3)s1. The number of hydrogen-bond donors (Lipinski definition) is 2. The van der Waals surface area contributed by atoms with Crippen LogP contribution in [0, 0.1) is 0 Å². The van der Waals surface area contributed by atoms with Gasteiger partial charge in [-0.2, -0.15) is 0 Å². The molecule has 114 valence electrons. The maximum atomic E-state index is 9.28. The summed E-state index contributed by atoms with van der Waals surface area (Å²) in [6, 6.07) is 13.1. The minimum Gasteiger partial charge on any atom is -0.391 e. The summed E-state index contributed by atoms with van der Waals surface area (Å²) in [5.41, 5.74) is 4.70. The minimum absolute atomic E-state index is 0.152. The number of piperidine rings is 1. The van der Waals surface area contributed by atoms with E-state index in [4.69, 9.17) is 0 Å². The molecule has 1 aliphatic carbocycles. The zero-order chi connectivity index (χ0) is 15.0. The Hall–Kier alpha value is -1.42. The number of nitrogens with one attached hydrogen (secondary N) is 1. The molecule has 0 amide bonds. The zero-order valence-electron chi connectivity index (χ0n) is 12.6.